The lowest BCUT2D eigenvalue weighted by Crippen LogP contribution is -2.50. The van der Waals surface area contributed by atoms with Gasteiger partial charge in [-0.3, -0.25) is 0 Å². The Bertz CT molecular complexity index is 303. The van der Waals surface area contributed by atoms with Crippen LogP contribution >= 0.6 is 0 Å². The molecular formula is C11H17F3N2O2. The van der Waals surface area contributed by atoms with Crippen LogP contribution in [0.2, 0.25) is 0 Å². The Hall–Kier alpha value is -0.980. The van der Waals surface area contributed by atoms with Gasteiger partial charge in [-0.25, -0.2) is 4.79 Å². The molecule has 18 heavy (non-hydrogen) atoms. The summed E-state index contributed by atoms with van der Waals surface area (Å²) in [6, 6.07) is -0.469. The molecule has 1 N–H and O–H groups in total. The number of amides is 2. The maximum Gasteiger partial charge on any atom is 0.393 e. The first-order valence-electron chi connectivity index (χ1n) is 6.16. The van der Waals surface area contributed by atoms with Gasteiger partial charge in [-0.15, -0.1) is 0 Å². The highest BCUT2D eigenvalue weighted by Crippen LogP contribution is 2.33. The molecule has 0 spiro atoms. The lowest BCUT2D eigenvalue weighted by molar-refractivity contribution is -0.184. The molecule has 2 atom stereocenters. The Balaban J connectivity index is 1.86. The first-order valence-corrected chi connectivity index (χ1v) is 6.16. The van der Waals surface area contributed by atoms with Crippen molar-refractivity contribution in [2.45, 2.75) is 31.5 Å². The van der Waals surface area contributed by atoms with Gasteiger partial charge in [0, 0.05) is 19.7 Å². The molecule has 0 aromatic rings. The number of carbonyl (C=O) groups excluding carboxylic acids is 1. The van der Waals surface area contributed by atoms with Crippen molar-refractivity contribution < 1.29 is 22.7 Å². The molecule has 0 radical (unpaired) electrons. The first-order chi connectivity index (χ1) is 8.47. The normalized spacial score (nSPS) is 29.4. The van der Waals surface area contributed by atoms with E-state index in [2.05, 4.69) is 5.32 Å². The van der Waals surface area contributed by atoms with Crippen LogP contribution in [0.3, 0.4) is 0 Å². The second-order valence-corrected chi connectivity index (χ2v) is 4.84. The van der Waals surface area contributed by atoms with Crippen molar-refractivity contribution in [3.05, 3.63) is 0 Å². The molecular weight excluding hydrogens is 249 g/mol. The van der Waals surface area contributed by atoms with Gasteiger partial charge in [0.25, 0.3) is 0 Å². The maximum absolute atomic E-state index is 12.6. The Kier molecular flexibility index (Phi) is 3.99. The minimum absolute atomic E-state index is 0.0660. The van der Waals surface area contributed by atoms with E-state index in [1.165, 1.54) is 4.90 Å². The van der Waals surface area contributed by atoms with Crippen molar-refractivity contribution in [2.75, 3.05) is 26.3 Å². The van der Waals surface area contributed by atoms with E-state index in [-0.39, 0.29) is 19.0 Å². The molecule has 0 aromatic heterocycles. The number of alkyl halides is 3. The van der Waals surface area contributed by atoms with Gasteiger partial charge in [0.1, 0.15) is 0 Å². The van der Waals surface area contributed by atoms with Crippen LogP contribution in [0, 0.1) is 5.92 Å². The highest BCUT2D eigenvalue weighted by molar-refractivity contribution is 5.74. The zero-order valence-corrected chi connectivity index (χ0v) is 10.0. The number of likely N-dealkylation sites (tertiary alicyclic amines) is 1. The van der Waals surface area contributed by atoms with Gasteiger partial charge < -0.3 is 15.0 Å². The van der Waals surface area contributed by atoms with E-state index in [1.807, 2.05) is 0 Å². The lowest BCUT2D eigenvalue weighted by Gasteiger charge is -2.34. The van der Waals surface area contributed by atoms with Crippen molar-refractivity contribution in [3.63, 3.8) is 0 Å². The molecule has 0 saturated carbocycles. The number of nitrogens with zero attached hydrogens (tertiary/aromatic N) is 1. The Labute approximate surface area is 103 Å². The molecule has 2 amide bonds. The number of urea groups is 1. The molecule has 2 saturated heterocycles. The Morgan fingerprint density at radius 1 is 1.33 bits per heavy atom. The van der Waals surface area contributed by atoms with E-state index in [0.29, 0.717) is 26.2 Å². The molecule has 2 aliphatic heterocycles. The fourth-order valence-electron chi connectivity index (χ4n) is 2.34. The van der Waals surface area contributed by atoms with Crippen LogP contribution in [0.25, 0.3) is 0 Å². The maximum atomic E-state index is 12.6. The topological polar surface area (TPSA) is 41.6 Å². The molecule has 2 heterocycles. The third kappa shape index (κ3) is 3.28. The fraction of sp³-hybridized carbons (Fsp3) is 0.909. The van der Waals surface area contributed by atoms with E-state index in [1.54, 1.807) is 0 Å². The lowest BCUT2D eigenvalue weighted by atomic mass is 9.98. The summed E-state index contributed by atoms with van der Waals surface area (Å²) in [5, 5.41) is 2.72. The minimum atomic E-state index is -4.21. The number of ether oxygens (including phenoxy) is 1. The fourth-order valence-corrected chi connectivity index (χ4v) is 2.34. The summed E-state index contributed by atoms with van der Waals surface area (Å²) in [6.07, 6.45) is -2.98. The summed E-state index contributed by atoms with van der Waals surface area (Å²) >= 11 is 0. The number of hydrogen-bond donors (Lipinski definition) is 1. The van der Waals surface area contributed by atoms with E-state index in [9.17, 15) is 18.0 Å². The molecule has 0 bridgehead atoms. The summed E-state index contributed by atoms with van der Waals surface area (Å²) in [6.45, 7) is 1.20. The van der Waals surface area contributed by atoms with E-state index in [0.717, 1.165) is 6.42 Å². The van der Waals surface area contributed by atoms with E-state index < -0.39 is 18.1 Å². The predicted octanol–water partition coefficient (Wildman–Crippen LogP) is 1.76. The first kappa shape index (κ1) is 13.5. The zero-order chi connectivity index (χ0) is 13.2. The SMILES string of the molecule is O=C(NC1CCOC1)N1CCCC(C(F)(F)F)C1. The molecule has 2 unspecified atom stereocenters. The summed E-state index contributed by atoms with van der Waals surface area (Å²) in [7, 11) is 0. The van der Waals surface area contributed by atoms with Crippen LogP contribution in [0.4, 0.5) is 18.0 Å². The summed E-state index contributed by atoms with van der Waals surface area (Å²) in [4.78, 5) is 13.1. The van der Waals surface area contributed by atoms with Crippen LogP contribution in [-0.4, -0.2) is 49.5 Å². The van der Waals surface area contributed by atoms with Crippen LogP contribution in [0.5, 0.6) is 0 Å². The summed E-state index contributed by atoms with van der Waals surface area (Å²) in [5.41, 5.74) is 0. The van der Waals surface area contributed by atoms with Crippen molar-refractivity contribution >= 4 is 6.03 Å². The van der Waals surface area contributed by atoms with Crippen molar-refractivity contribution in [1.29, 1.82) is 0 Å². The minimum Gasteiger partial charge on any atom is -0.379 e. The number of hydrogen-bond acceptors (Lipinski definition) is 2. The smallest absolute Gasteiger partial charge is 0.379 e. The zero-order valence-electron chi connectivity index (χ0n) is 10.0. The standard InChI is InChI=1S/C11H17F3N2O2/c12-11(13,14)8-2-1-4-16(6-8)10(17)15-9-3-5-18-7-9/h8-9H,1-7H2,(H,15,17). The van der Waals surface area contributed by atoms with E-state index >= 15 is 0 Å². The third-order valence-electron chi connectivity index (χ3n) is 3.43. The van der Waals surface area contributed by atoms with Crippen molar-refractivity contribution in [3.8, 4) is 0 Å². The number of halogens is 3. The number of rotatable bonds is 1. The van der Waals surface area contributed by atoms with Gasteiger partial charge in [-0.1, -0.05) is 0 Å². The predicted molar refractivity (Wildman–Crippen MR) is 58.1 cm³/mol. The highest BCUT2D eigenvalue weighted by Gasteiger charge is 2.42. The van der Waals surface area contributed by atoms with Gasteiger partial charge in [0.2, 0.25) is 0 Å². The van der Waals surface area contributed by atoms with Crippen LogP contribution in [-0.2, 0) is 4.74 Å². The molecule has 4 nitrogen and oxygen atoms in total. The number of nitrogens with one attached hydrogen (secondary N) is 1. The van der Waals surface area contributed by atoms with Gasteiger partial charge in [0.05, 0.1) is 18.6 Å². The molecule has 0 aromatic carbocycles. The number of piperidine rings is 1. The van der Waals surface area contributed by atoms with Gasteiger partial charge in [-0.2, -0.15) is 13.2 Å². The van der Waals surface area contributed by atoms with Crippen molar-refractivity contribution in [2.24, 2.45) is 5.92 Å². The molecule has 2 aliphatic rings. The van der Waals surface area contributed by atoms with Crippen LogP contribution in [0.1, 0.15) is 19.3 Å². The highest BCUT2D eigenvalue weighted by atomic mass is 19.4. The average molecular weight is 266 g/mol. The van der Waals surface area contributed by atoms with Gasteiger partial charge >= 0.3 is 12.2 Å². The average Bonchev–Trinajstić information content (AvgIpc) is 2.81. The molecule has 104 valence electrons. The Morgan fingerprint density at radius 3 is 2.72 bits per heavy atom. The summed E-state index contributed by atoms with van der Waals surface area (Å²) in [5.74, 6) is -1.39. The molecule has 7 heteroatoms. The van der Waals surface area contributed by atoms with Crippen LogP contribution < -0.4 is 5.32 Å². The van der Waals surface area contributed by atoms with Gasteiger partial charge in [-0.05, 0) is 19.3 Å². The monoisotopic (exact) mass is 266 g/mol. The quantitative estimate of drug-likeness (QED) is 0.785. The largest absolute Gasteiger partial charge is 0.393 e. The van der Waals surface area contributed by atoms with E-state index in [4.69, 9.17) is 4.74 Å². The molecule has 2 fully saturated rings. The summed E-state index contributed by atoms with van der Waals surface area (Å²) < 4.78 is 42.9. The van der Waals surface area contributed by atoms with Gasteiger partial charge in [0.15, 0.2) is 0 Å². The molecule has 0 aliphatic carbocycles. The number of carbonyl (C=O) groups is 1. The third-order valence-corrected chi connectivity index (χ3v) is 3.43. The Morgan fingerprint density at radius 2 is 2.11 bits per heavy atom. The second kappa shape index (κ2) is 5.34. The van der Waals surface area contributed by atoms with Crippen molar-refractivity contribution in [1.82, 2.24) is 10.2 Å². The second-order valence-electron chi connectivity index (χ2n) is 4.84. The molecule has 2 rings (SSSR count). The van der Waals surface area contributed by atoms with Crippen LogP contribution in [0.15, 0.2) is 0 Å².